The molecule has 1 unspecified atom stereocenters. The number of likely N-dealkylation sites (N-methyl/N-ethyl adjacent to an activating group) is 1. The number of hydrogen-bond acceptors (Lipinski definition) is 7. The standard InChI is InChI=1S/C30H33BN2O6/c1-33(2)26-19-13-16-12-18-17(15-7-3-5-14(11-15)6-4-10-34)8-9-20(35)22(18)27(36)21(16)28(37)23(19)25(31)24(29(26)38)30(32)39/h3,5,7-9,11,16,19,23,26,31,34-35,37-38H,4,6,10,12-13H2,1-2H3,(H2,32,39)/t16-,19+,23?,26-/m0/s1. The molecule has 0 saturated carbocycles. The van der Waals surface area contributed by atoms with Crippen molar-refractivity contribution < 1.29 is 30.0 Å². The molecular formula is C30H33BN2O6. The van der Waals surface area contributed by atoms with Crippen molar-refractivity contribution in [3.05, 3.63) is 75.8 Å². The number of rotatable bonds is 6. The molecule has 9 heteroatoms. The summed E-state index contributed by atoms with van der Waals surface area (Å²) >= 11 is 0. The fraction of sp³-hybridized carbons (Fsp3) is 0.367. The van der Waals surface area contributed by atoms with Crippen molar-refractivity contribution in [1.29, 1.82) is 0 Å². The van der Waals surface area contributed by atoms with Crippen molar-refractivity contribution >= 4 is 24.6 Å². The van der Waals surface area contributed by atoms with Crippen LogP contribution in [0.15, 0.2) is 59.1 Å². The summed E-state index contributed by atoms with van der Waals surface area (Å²) in [7, 11) is 7.56. The molecule has 2 aromatic carbocycles. The first-order chi connectivity index (χ1) is 18.6. The van der Waals surface area contributed by atoms with Crippen molar-refractivity contribution in [3.8, 4) is 16.9 Å². The van der Waals surface area contributed by atoms with Crippen molar-refractivity contribution in [2.24, 2.45) is 23.5 Å². The molecule has 202 valence electrons. The van der Waals surface area contributed by atoms with Crippen molar-refractivity contribution in [2.45, 2.75) is 31.7 Å². The number of carbonyl (C=O) groups excluding carboxylic acids is 2. The molecule has 0 spiro atoms. The predicted molar refractivity (Wildman–Crippen MR) is 150 cm³/mol. The summed E-state index contributed by atoms with van der Waals surface area (Å²) in [6, 6.07) is 10.6. The molecule has 6 N–H and O–H groups in total. The molecule has 0 aliphatic heterocycles. The summed E-state index contributed by atoms with van der Waals surface area (Å²) in [5.74, 6) is -3.25. The summed E-state index contributed by atoms with van der Waals surface area (Å²) < 4.78 is 0. The molecule has 2 aromatic rings. The van der Waals surface area contributed by atoms with Crippen molar-refractivity contribution in [2.75, 3.05) is 20.7 Å². The number of phenolic OH excluding ortho intramolecular Hbond substituents is 1. The van der Waals surface area contributed by atoms with Crippen LogP contribution in [-0.4, -0.2) is 76.7 Å². The van der Waals surface area contributed by atoms with Gasteiger partial charge in [-0.3, -0.25) is 0 Å². The zero-order valence-corrected chi connectivity index (χ0v) is 22.1. The number of nitrogens with zero attached hydrogens (tertiary/aromatic N) is 1. The molecule has 0 radical (unpaired) electrons. The van der Waals surface area contributed by atoms with Crippen LogP contribution in [0.4, 0.5) is 0 Å². The second-order valence-electron chi connectivity index (χ2n) is 11.0. The van der Waals surface area contributed by atoms with E-state index in [1.165, 1.54) is 6.07 Å². The van der Waals surface area contributed by atoms with Crippen LogP contribution in [0.5, 0.6) is 5.75 Å². The van der Waals surface area contributed by atoms with Crippen LogP contribution in [0, 0.1) is 17.8 Å². The molecule has 4 atom stereocenters. The minimum atomic E-state index is -0.841. The third-order valence-electron chi connectivity index (χ3n) is 8.48. The van der Waals surface area contributed by atoms with E-state index in [0.29, 0.717) is 24.8 Å². The molecule has 39 heavy (non-hydrogen) atoms. The average molecular weight is 528 g/mol. The number of amides is 1. The maximum atomic E-state index is 14.0. The van der Waals surface area contributed by atoms with E-state index < -0.39 is 23.7 Å². The summed E-state index contributed by atoms with van der Waals surface area (Å²) in [5, 5.41) is 42.7. The molecule has 1 amide bonds. The fourth-order valence-electron chi connectivity index (χ4n) is 6.90. The Kier molecular flexibility index (Phi) is 6.99. The number of Topliss-reactive ketones (excluding diaryl/α,β-unsaturated/α-hetero) is 1. The van der Waals surface area contributed by atoms with E-state index in [9.17, 15) is 30.0 Å². The van der Waals surface area contributed by atoms with E-state index in [0.717, 1.165) is 23.1 Å². The Balaban J connectivity index is 1.64. The van der Waals surface area contributed by atoms with E-state index in [1.807, 2.05) is 30.3 Å². The number of nitrogens with two attached hydrogens (primary N) is 1. The molecule has 0 saturated heterocycles. The Morgan fingerprint density at radius 1 is 1.13 bits per heavy atom. The molecular weight excluding hydrogens is 495 g/mol. The van der Waals surface area contributed by atoms with Gasteiger partial charge in [-0.1, -0.05) is 0 Å². The Bertz CT molecular complexity index is 1460. The third-order valence-corrected chi connectivity index (χ3v) is 8.48. The number of ketones is 1. The number of carbonyl (C=O) groups is 2. The molecule has 3 aliphatic rings. The van der Waals surface area contributed by atoms with E-state index >= 15 is 0 Å². The van der Waals surface area contributed by atoms with E-state index in [2.05, 4.69) is 7.49 Å². The molecule has 0 bridgehead atoms. The van der Waals surface area contributed by atoms with Gasteiger partial charge in [0.15, 0.2) is 0 Å². The van der Waals surface area contributed by atoms with Gasteiger partial charge in [0.1, 0.15) is 0 Å². The van der Waals surface area contributed by atoms with Crippen LogP contribution in [0.3, 0.4) is 0 Å². The zero-order chi connectivity index (χ0) is 28.2. The van der Waals surface area contributed by atoms with Gasteiger partial charge in [0.05, 0.1) is 0 Å². The summed E-state index contributed by atoms with van der Waals surface area (Å²) in [6.45, 7) is 0.0990. The summed E-state index contributed by atoms with van der Waals surface area (Å²) in [6.07, 6.45) is 2.23. The normalized spacial score (nSPS) is 24.5. The molecule has 8 nitrogen and oxygen atoms in total. The number of aryl methyl sites for hydroxylation is 1. The van der Waals surface area contributed by atoms with Gasteiger partial charge < -0.3 is 5.11 Å². The van der Waals surface area contributed by atoms with Gasteiger partial charge >= 0.3 is 210 Å². The number of hydrogen-bond donors (Lipinski definition) is 5. The number of allylic oxidation sites excluding steroid dienone is 2. The Morgan fingerprint density at radius 3 is 2.54 bits per heavy atom. The number of phenols is 1. The van der Waals surface area contributed by atoms with Gasteiger partial charge in [0, 0.05) is 6.61 Å². The number of benzene rings is 2. The molecule has 0 heterocycles. The predicted octanol–water partition coefficient (Wildman–Crippen LogP) is 2.10. The van der Waals surface area contributed by atoms with E-state index in [-0.39, 0.29) is 57.9 Å². The first-order valence-electron chi connectivity index (χ1n) is 13.2. The second-order valence-corrected chi connectivity index (χ2v) is 11.0. The third kappa shape index (κ3) is 4.30. The molecule has 0 fully saturated rings. The molecule has 3 aliphatic carbocycles. The summed E-state index contributed by atoms with van der Waals surface area (Å²) in [4.78, 5) is 28.0. The Morgan fingerprint density at radius 2 is 1.87 bits per heavy atom. The topological polar surface area (TPSA) is 144 Å². The zero-order valence-electron chi connectivity index (χ0n) is 22.1. The fourth-order valence-corrected chi connectivity index (χ4v) is 6.90. The van der Waals surface area contributed by atoms with Crippen LogP contribution in [0.1, 0.15) is 34.3 Å². The van der Waals surface area contributed by atoms with Crippen LogP contribution in [0.2, 0.25) is 0 Å². The van der Waals surface area contributed by atoms with Gasteiger partial charge in [-0.2, -0.15) is 0 Å². The van der Waals surface area contributed by atoms with Crippen molar-refractivity contribution in [1.82, 2.24) is 4.90 Å². The van der Waals surface area contributed by atoms with Crippen LogP contribution >= 0.6 is 0 Å². The van der Waals surface area contributed by atoms with Gasteiger partial charge in [0.25, 0.3) is 0 Å². The first kappa shape index (κ1) is 26.9. The number of aromatic hydroxyl groups is 1. The van der Waals surface area contributed by atoms with Crippen LogP contribution in [0.25, 0.3) is 11.1 Å². The number of primary amides is 1. The Hall–Kier alpha value is -3.69. The Labute approximate surface area is 228 Å². The van der Waals surface area contributed by atoms with Gasteiger partial charge in [-0.25, -0.2) is 0 Å². The molecule has 0 aromatic heterocycles. The van der Waals surface area contributed by atoms with E-state index in [1.54, 1.807) is 19.0 Å². The summed E-state index contributed by atoms with van der Waals surface area (Å²) in [5.41, 5.74) is 9.57. The molecule has 5 rings (SSSR count). The van der Waals surface area contributed by atoms with Crippen LogP contribution in [-0.2, 0) is 17.6 Å². The van der Waals surface area contributed by atoms with E-state index in [4.69, 9.17) is 5.73 Å². The maximum absolute atomic E-state index is 14.0. The van der Waals surface area contributed by atoms with Crippen LogP contribution < -0.4 is 5.73 Å². The van der Waals surface area contributed by atoms with Gasteiger partial charge in [0.2, 0.25) is 0 Å². The number of aliphatic hydroxyl groups excluding tert-OH is 3. The number of aliphatic hydroxyl groups is 3. The quantitative estimate of drug-likeness (QED) is 0.361. The van der Waals surface area contributed by atoms with Gasteiger partial charge in [-0.15, -0.1) is 0 Å². The number of fused-ring (bicyclic) bond motifs is 3. The minimum absolute atomic E-state index is 0.0990. The van der Waals surface area contributed by atoms with Crippen molar-refractivity contribution in [3.63, 3.8) is 0 Å². The second kappa shape index (κ2) is 10.1. The van der Waals surface area contributed by atoms with Gasteiger partial charge in [-0.05, 0) is 6.42 Å². The SMILES string of the molecule is B=C1C(C(N)=O)=C(O)[C@@H](N(C)C)[C@@H]2C[C@@H]3Cc4c(-c5cccc(CCCO)c5)ccc(O)c4C(=O)C3=C(O)C12. The average Bonchev–Trinajstić information content (AvgIpc) is 2.87. The monoisotopic (exact) mass is 528 g/mol. The first-order valence-corrected chi connectivity index (χ1v) is 13.2.